The van der Waals surface area contributed by atoms with Crippen LogP contribution in [0.15, 0.2) is 0 Å². The Kier molecular flexibility index (Phi) is 39.8. The maximum Gasteiger partial charge on any atom is 0.249 e. The number of hydrogen-bond acceptors (Lipinski definition) is 20. The lowest BCUT2D eigenvalue weighted by molar-refractivity contribution is -0.371. The van der Waals surface area contributed by atoms with Crippen LogP contribution in [-0.2, 0) is 38.0 Å². The van der Waals surface area contributed by atoms with Gasteiger partial charge in [-0.25, -0.2) is 0 Å². The van der Waals surface area contributed by atoms with E-state index in [4.69, 9.17) is 28.4 Å². The zero-order chi connectivity index (χ0) is 60.2. The van der Waals surface area contributed by atoms with Gasteiger partial charge in [0.25, 0.3) is 0 Å². The molecular weight excluding hydrogens is 1070 g/mol. The molecule has 3 rings (SSSR count). The maximum absolute atomic E-state index is 13.7. The highest BCUT2D eigenvalue weighted by Crippen LogP contribution is 2.32. The number of aliphatic hydroxyl groups excluding tert-OH is 12. The summed E-state index contributed by atoms with van der Waals surface area (Å²) in [6.07, 6.45) is 6.01. The molecule has 0 spiro atoms. The molecule has 0 bridgehead atoms. The third-order valence-electron chi connectivity index (χ3n) is 16.5. The van der Waals surface area contributed by atoms with Gasteiger partial charge in [-0.05, 0) is 12.8 Å². The minimum atomic E-state index is -2.01. The van der Waals surface area contributed by atoms with Crippen LogP contribution >= 0.6 is 0 Å². The summed E-state index contributed by atoms with van der Waals surface area (Å²) in [5, 5.41) is 135. The molecule has 3 aliphatic rings. The van der Waals surface area contributed by atoms with Crippen LogP contribution in [0.1, 0.15) is 226 Å². The van der Waals surface area contributed by atoms with Crippen molar-refractivity contribution in [1.29, 1.82) is 0 Å². The number of nitrogens with one attached hydrogen (secondary N) is 2. The van der Waals surface area contributed by atoms with E-state index >= 15 is 0 Å². The molecule has 0 aliphatic carbocycles. The molecule has 22 nitrogen and oxygen atoms in total. The Morgan fingerprint density at radius 1 is 0.463 bits per heavy atom. The van der Waals surface area contributed by atoms with E-state index in [2.05, 4.69) is 24.5 Å². The van der Waals surface area contributed by atoms with E-state index in [9.17, 15) is 70.9 Å². The van der Waals surface area contributed by atoms with Gasteiger partial charge in [-0.2, -0.15) is 0 Å². The number of aliphatic hydroxyl groups is 12. The molecule has 19 atom stereocenters. The van der Waals surface area contributed by atoms with Gasteiger partial charge < -0.3 is 100 Å². The third kappa shape index (κ3) is 27.5. The van der Waals surface area contributed by atoms with Crippen LogP contribution in [-0.4, -0.2) is 216 Å². The SMILES string of the molecule is CCCCCCCCCCCCCCCCCCCCCC[C@@H](O)C(=O)N[C@@H](CO[C@H]1O[C@H](CO[C@@H]2O[C@H](CO)[C@H](O)[C@H](O)[C@H]2NC(C)=O)[C@H](O)[C@H](O)[C@H]1O[C@H]1O[C@H](CO)[C@H](O)[C@H](O)[C@H]1O)[C@H](O)[C@H](O)CCCCCCCCCCCC. The van der Waals surface area contributed by atoms with Crippen molar-refractivity contribution < 1.29 is 99.3 Å². The first-order valence-corrected chi connectivity index (χ1v) is 32.0. The Hall–Kier alpha value is -1.78. The molecular formula is C60H114N2O20. The molecule has 484 valence electrons. The fraction of sp³-hybridized carbons (Fsp3) is 0.967. The van der Waals surface area contributed by atoms with Crippen LogP contribution in [0.3, 0.4) is 0 Å². The highest BCUT2D eigenvalue weighted by atomic mass is 16.8. The van der Waals surface area contributed by atoms with Crippen LogP contribution in [0.25, 0.3) is 0 Å². The van der Waals surface area contributed by atoms with Gasteiger partial charge in [0, 0.05) is 6.92 Å². The lowest BCUT2D eigenvalue weighted by atomic mass is 9.96. The van der Waals surface area contributed by atoms with Gasteiger partial charge >= 0.3 is 0 Å². The Morgan fingerprint density at radius 2 is 0.866 bits per heavy atom. The molecule has 0 radical (unpaired) electrons. The first kappa shape index (κ1) is 74.5. The number of carbonyl (C=O) groups is 2. The number of carbonyl (C=O) groups excluding carboxylic acids is 2. The van der Waals surface area contributed by atoms with Crippen molar-refractivity contribution in [2.24, 2.45) is 0 Å². The molecule has 0 saturated carbocycles. The third-order valence-corrected chi connectivity index (χ3v) is 16.5. The topological polar surface area (TPSA) is 356 Å². The maximum atomic E-state index is 13.7. The molecule has 0 unspecified atom stereocenters. The summed E-state index contributed by atoms with van der Waals surface area (Å²) in [5.74, 6) is -1.48. The summed E-state index contributed by atoms with van der Waals surface area (Å²) in [7, 11) is 0. The highest BCUT2D eigenvalue weighted by molar-refractivity contribution is 5.80. The van der Waals surface area contributed by atoms with Gasteiger partial charge in [-0.3, -0.25) is 9.59 Å². The average Bonchev–Trinajstić information content (AvgIpc) is 2.94. The molecule has 3 fully saturated rings. The Bertz CT molecular complexity index is 1610. The van der Waals surface area contributed by atoms with Gasteiger partial charge in [0.1, 0.15) is 85.4 Å². The monoisotopic (exact) mass is 1180 g/mol. The molecule has 3 heterocycles. The number of rotatable bonds is 47. The van der Waals surface area contributed by atoms with E-state index in [0.717, 1.165) is 64.7 Å². The Balaban J connectivity index is 1.67. The Labute approximate surface area is 489 Å². The zero-order valence-electron chi connectivity index (χ0n) is 50.1. The van der Waals surface area contributed by atoms with Gasteiger partial charge in [-0.15, -0.1) is 0 Å². The van der Waals surface area contributed by atoms with Crippen LogP contribution in [0.2, 0.25) is 0 Å². The number of unbranched alkanes of at least 4 members (excludes halogenated alkanes) is 28. The van der Waals surface area contributed by atoms with Gasteiger partial charge in [0.15, 0.2) is 18.9 Å². The molecule has 3 saturated heterocycles. The van der Waals surface area contributed by atoms with Crippen molar-refractivity contribution in [2.75, 3.05) is 26.4 Å². The standard InChI is InChI=1S/C60H114N2O20/c1-4-6-8-10-12-14-16-17-18-19-20-21-22-23-24-25-27-29-31-33-35-43(67)57(76)62-41(48(68)42(66)34-32-30-28-26-15-13-11-9-7-5-2)38-77-60-56(82-59-55(75)53(73)50(70)45(37-64)80-59)54(74)51(71)46(81-60)39-78-58-47(61-40(3)65)52(72)49(69)44(36-63)79-58/h41-56,58-60,63-64,66-75H,4-39H2,1-3H3,(H,61,65)(H,62,76)/t41-,42+,43+,44+,45+,46+,47+,48-,49-,50-,51-,52+,53-,54-,55+,56+,58+,59+,60-/m0/s1. The predicted octanol–water partition coefficient (Wildman–Crippen LogP) is 3.69. The average molecular weight is 1180 g/mol. The van der Waals surface area contributed by atoms with Crippen LogP contribution in [0.4, 0.5) is 0 Å². The molecule has 0 aromatic carbocycles. The normalized spacial score (nSPS) is 30.2. The number of amides is 2. The molecule has 22 heteroatoms. The van der Waals surface area contributed by atoms with Gasteiger partial charge in [-0.1, -0.05) is 206 Å². The summed E-state index contributed by atoms with van der Waals surface area (Å²) in [6.45, 7) is 2.63. The number of ether oxygens (including phenoxy) is 6. The quantitative estimate of drug-likeness (QED) is 0.0386. The van der Waals surface area contributed by atoms with Crippen molar-refractivity contribution in [3.05, 3.63) is 0 Å². The van der Waals surface area contributed by atoms with E-state index in [1.807, 2.05) is 0 Å². The molecule has 82 heavy (non-hydrogen) atoms. The molecule has 3 aliphatic heterocycles. The van der Waals surface area contributed by atoms with Crippen molar-refractivity contribution in [2.45, 2.75) is 343 Å². The minimum absolute atomic E-state index is 0.130. The second-order valence-electron chi connectivity index (χ2n) is 23.6. The first-order valence-electron chi connectivity index (χ1n) is 32.0. The van der Waals surface area contributed by atoms with Crippen molar-refractivity contribution >= 4 is 11.8 Å². The van der Waals surface area contributed by atoms with Gasteiger partial charge in [0.2, 0.25) is 11.8 Å². The fourth-order valence-electron chi connectivity index (χ4n) is 11.2. The second kappa shape index (κ2) is 43.8. The van der Waals surface area contributed by atoms with E-state index in [1.165, 1.54) is 122 Å². The van der Waals surface area contributed by atoms with E-state index in [1.54, 1.807) is 0 Å². The van der Waals surface area contributed by atoms with Crippen molar-refractivity contribution in [3.63, 3.8) is 0 Å². The predicted molar refractivity (Wildman–Crippen MR) is 306 cm³/mol. The van der Waals surface area contributed by atoms with Gasteiger partial charge in [0.05, 0.1) is 38.6 Å². The second-order valence-corrected chi connectivity index (χ2v) is 23.6. The highest BCUT2D eigenvalue weighted by Gasteiger charge is 2.52. The molecule has 0 aromatic rings. The van der Waals surface area contributed by atoms with Crippen molar-refractivity contribution in [3.8, 4) is 0 Å². The van der Waals surface area contributed by atoms with E-state index < -0.39 is 155 Å². The largest absolute Gasteiger partial charge is 0.394 e. The van der Waals surface area contributed by atoms with Crippen LogP contribution in [0.5, 0.6) is 0 Å². The molecule has 2 amide bonds. The number of hydrogen-bond donors (Lipinski definition) is 14. The summed E-state index contributed by atoms with van der Waals surface area (Å²) < 4.78 is 35.2. The van der Waals surface area contributed by atoms with E-state index in [0.29, 0.717) is 12.8 Å². The van der Waals surface area contributed by atoms with E-state index in [-0.39, 0.29) is 12.8 Å². The fourth-order valence-corrected chi connectivity index (χ4v) is 11.2. The zero-order valence-corrected chi connectivity index (χ0v) is 50.1. The summed E-state index contributed by atoms with van der Waals surface area (Å²) in [6, 6.07) is -2.82. The first-order chi connectivity index (χ1) is 39.5. The smallest absolute Gasteiger partial charge is 0.249 e. The van der Waals surface area contributed by atoms with Crippen LogP contribution in [0, 0.1) is 0 Å². The van der Waals surface area contributed by atoms with Crippen LogP contribution < -0.4 is 10.6 Å². The summed E-state index contributed by atoms with van der Waals surface area (Å²) in [4.78, 5) is 25.8. The lowest BCUT2D eigenvalue weighted by Gasteiger charge is -2.47. The van der Waals surface area contributed by atoms with Crippen molar-refractivity contribution in [1.82, 2.24) is 10.6 Å². The molecule has 14 N–H and O–H groups in total. The molecule has 0 aromatic heterocycles. The summed E-state index contributed by atoms with van der Waals surface area (Å²) >= 11 is 0. The summed E-state index contributed by atoms with van der Waals surface area (Å²) in [5.41, 5.74) is 0. The Morgan fingerprint density at radius 3 is 1.32 bits per heavy atom. The lowest BCUT2D eigenvalue weighted by Crippen LogP contribution is -2.66. The minimum Gasteiger partial charge on any atom is -0.394 e.